The molecule has 0 unspecified atom stereocenters. The molecule has 1 heterocycles. The summed E-state index contributed by atoms with van der Waals surface area (Å²) in [5.74, 6) is 3.08. The van der Waals surface area contributed by atoms with Gasteiger partial charge in [-0.3, -0.25) is 14.5 Å². The first-order valence-electron chi connectivity index (χ1n) is 13.4. The van der Waals surface area contributed by atoms with E-state index in [0.29, 0.717) is 18.0 Å². The molecule has 0 saturated heterocycles. The van der Waals surface area contributed by atoms with Crippen LogP contribution in [-0.4, -0.2) is 43.0 Å². The zero-order valence-electron chi connectivity index (χ0n) is 20.9. The van der Waals surface area contributed by atoms with Gasteiger partial charge in [-0.2, -0.15) is 0 Å². The second kappa shape index (κ2) is 9.85. The fraction of sp³-hybridized carbons (Fsp3) is 0.655. The number of rotatable bonds is 9. The minimum absolute atomic E-state index is 0.161. The van der Waals surface area contributed by atoms with Crippen molar-refractivity contribution in [2.75, 3.05) is 20.2 Å². The fourth-order valence-corrected chi connectivity index (χ4v) is 7.70. The minimum atomic E-state index is -0.161. The maximum absolute atomic E-state index is 11.6. The summed E-state index contributed by atoms with van der Waals surface area (Å²) in [6.45, 7) is 4.20. The van der Waals surface area contributed by atoms with E-state index in [1.165, 1.54) is 67.6 Å². The van der Waals surface area contributed by atoms with Crippen LogP contribution in [0.1, 0.15) is 81.8 Å². The van der Waals surface area contributed by atoms with Crippen molar-refractivity contribution in [1.82, 2.24) is 10.2 Å². The summed E-state index contributed by atoms with van der Waals surface area (Å²) in [6.07, 6.45) is 14.9. The second-order valence-electron chi connectivity index (χ2n) is 11.2. The van der Waals surface area contributed by atoms with Crippen molar-refractivity contribution in [1.29, 1.82) is 0 Å². The molecule has 1 aromatic carbocycles. The molecule has 1 aromatic rings. The highest BCUT2D eigenvalue weighted by Gasteiger charge is 2.54. The van der Waals surface area contributed by atoms with Gasteiger partial charge >= 0.3 is 0 Å². The van der Waals surface area contributed by atoms with Crippen molar-refractivity contribution in [2.45, 2.75) is 83.1 Å². The third-order valence-electron chi connectivity index (χ3n) is 9.53. The highest BCUT2D eigenvalue weighted by molar-refractivity contribution is 6.12. The number of ether oxygens (including phenoxy) is 1. The van der Waals surface area contributed by atoms with Gasteiger partial charge in [0.2, 0.25) is 0 Å². The van der Waals surface area contributed by atoms with Crippen LogP contribution in [0.3, 0.4) is 0 Å². The molecule has 0 radical (unpaired) electrons. The Morgan fingerprint density at radius 2 is 1.82 bits per heavy atom. The number of benzene rings is 1. The van der Waals surface area contributed by atoms with Gasteiger partial charge in [0, 0.05) is 24.7 Å². The molecule has 184 valence electrons. The molecule has 1 aliphatic heterocycles. The van der Waals surface area contributed by atoms with Crippen molar-refractivity contribution in [2.24, 2.45) is 17.3 Å². The van der Waals surface area contributed by atoms with Gasteiger partial charge in [0.1, 0.15) is 5.75 Å². The molecule has 2 saturated carbocycles. The van der Waals surface area contributed by atoms with Gasteiger partial charge in [-0.15, -0.1) is 0 Å². The molecule has 5 nitrogen and oxygen atoms in total. The van der Waals surface area contributed by atoms with Crippen LogP contribution in [0.15, 0.2) is 30.4 Å². The maximum atomic E-state index is 11.6. The van der Waals surface area contributed by atoms with E-state index in [9.17, 15) is 9.59 Å². The molecule has 5 rings (SSSR count). The van der Waals surface area contributed by atoms with E-state index in [-0.39, 0.29) is 11.8 Å². The predicted molar refractivity (Wildman–Crippen MR) is 134 cm³/mol. The van der Waals surface area contributed by atoms with E-state index in [1.807, 2.05) is 0 Å². The van der Waals surface area contributed by atoms with Gasteiger partial charge < -0.3 is 10.1 Å². The Hall–Kier alpha value is -2.14. The van der Waals surface area contributed by atoms with E-state index < -0.39 is 0 Å². The number of nitrogens with one attached hydrogen (secondary N) is 1. The van der Waals surface area contributed by atoms with Crippen LogP contribution in [-0.2, 0) is 16.0 Å². The summed E-state index contributed by atoms with van der Waals surface area (Å²) in [5, 5.41) is 3.95. The van der Waals surface area contributed by atoms with Gasteiger partial charge in [-0.1, -0.05) is 25.8 Å². The Bertz CT molecular complexity index is 939. The maximum Gasteiger partial charge on any atom is 0.253 e. The molecule has 5 atom stereocenters. The lowest BCUT2D eigenvalue weighted by Crippen LogP contribution is -2.48. The topological polar surface area (TPSA) is 58.6 Å². The number of nitrogens with zero attached hydrogens (tertiary/aromatic N) is 1. The predicted octanol–water partition coefficient (Wildman–Crippen LogP) is 4.99. The van der Waals surface area contributed by atoms with E-state index in [4.69, 9.17) is 4.74 Å². The van der Waals surface area contributed by atoms with Crippen molar-refractivity contribution >= 4 is 11.8 Å². The quantitative estimate of drug-likeness (QED) is 0.413. The molecule has 3 aliphatic carbocycles. The standard InChI is InChI=1S/C29H40N2O3/c1-29-16-15-23-22-10-8-21(34-2)19-20(22)7-9-24(23)25(29)11-12-26(29)30-17-5-3-4-6-18-31-27(32)13-14-28(31)33/h8,10,13-14,19,23-26,30H,3-7,9,11-12,15-18H2,1-2H3/t23-,24-,25-,26-,29-/m0/s1. The number of imide groups is 1. The van der Waals surface area contributed by atoms with Gasteiger partial charge in [-0.25, -0.2) is 0 Å². The Labute approximate surface area is 204 Å². The first-order chi connectivity index (χ1) is 16.5. The molecular formula is C29H40N2O3. The first-order valence-corrected chi connectivity index (χ1v) is 13.4. The van der Waals surface area contributed by atoms with Crippen molar-refractivity contribution < 1.29 is 14.3 Å². The van der Waals surface area contributed by atoms with Gasteiger partial charge in [0.15, 0.2) is 0 Å². The average molecular weight is 465 g/mol. The lowest BCUT2D eigenvalue weighted by molar-refractivity contribution is -0.136. The third kappa shape index (κ3) is 4.32. The summed E-state index contributed by atoms with van der Waals surface area (Å²) in [7, 11) is 1.77. The Morgan fingerprint density at radius 3 is 2.62 bits per heavy atom. The van der Waals surface area contributed by atoms with Crippen LogP contribution in [0.5, 0.6) is 5.75 Å². The zero-order chi connectivity index (χ0) is 23.7. The van der Waals surface area contributed by atoms with Gasteiger partial charge in [-0.05, 0) is 104 Å². The SMILES string of the molecule is COc1ccc2c(c1)CC[C@H]1[C@H]2CC[C@]2(C)[C@@H](NCCCCCCN3C(=O)C=CC3=O)CC[C@@H]12. The molecule has 1 N–H and O–H groups in total. The Morgan fingerprint density at radius 1 is 1.03 bits per heavy atom. The second-order valence-corrected chi connectivity index (χ2v) is 11.2. The van der Waals surface area contributed by atoms with Crippen LogP contribution in [0.2, 0.25) is 0 Å². The number of amides is 2. The first kappa shape index (κ1) is 23.6. The highest BCUT2D eigenvalue weighted by Crippen LogP contribution is 2.61. The zero-order valence-corrected chi connectivity index (χ0v) is 20.9. The van der Waals surface area contributed by atoms with Crippen molar-refractivity contribution in [3.8, 4) is 5.75 Å². The van der Waals surface area contributed by atoms with Gasteiger partial charge in [0.25, 0.3) is 11.8 Å². The molecule has 4 aliphatic rings. The lowest BCUT2D eigenvalue weighted by Gasteiger charge is -2.51. The average Bonchev–Trinajstić information content (AvgIpc) is 3.36. The lowest BCUT2D eigenvalue weighted by atomic mass is 9.55. The summed E-state index contributed by atoms with van der Waals surface area (Å²) >= 11 is 0. The number of carbonyl (C=O) groups is 2. The summed E-state index contributed by atoms with van der Waals surface area (Å²) in [4.78, 5) is 24.6. The van der Waals surface area contributed by atoms with Crippen molar-refractivity contribution in [3.05, 3.63) is 41.5 Å². The number of unbranched alkanes of at least 4 members (excludes halogenated alkanes) is 3. The molecule has 34 heavy (non-hydrogen) atoms. The van der Waals surface area contributed by atoms with Crippen LogP contribution >= 0.6 is 0 Å². The molecule has 0 spiro atoms. The van der Waals surface area contributed by atoms with E-state index in [2.05, 4.69) is 30.4 Å². The number of hydrogen-bond donors (Lipinski definition) is 1. The van der Waals surface area contributed by atoms with Gasteiger partial charge in [0.05, 0.1) is 7.11 Å². The molecular weight excluding hydrogens is 424 g/mol. The number of hydrogen-bond acceptors (Lipinski definition) is 4. The van der Waals surface area contributed by atoms with E-state index >= 15 is 0 Å². The fourth-order valence-electron chi connectivity index (χ4n) is 7.70. The smallest absolute Gasteiger partial charge is 0.253 e. The number of carbonyl (C=O) groups excluding carboxylic acids is 2. The molecule has 0 aromatic heterocycles. The van der Waals surface area contributed by atoms with Crippen LogP contribution in [0.4, 0.5) is 0 Å². The summed E-state index contributed by atoms with van der Waals surface area (Å²) < 4.78 is 5.48. The molecule has 2 amide bonds. The summed E-state index contributed by atoms with van der Waals surface area (Å²) in [5.41, 5.74) is 3.55. The Kier molecular flexibility index (Phi) is 6.83. The van der Waals surface area contributed by atoms with Crippen LogP contribution in [0, 0.1) is 17.3 Å². The van der Waals surface area contributed by atoms with E-state index in [0.717, 1.165) is 49.3 Å². The highest BCUT2D eigenvalue weighted by atomic mass is 16.5. The normalized spacial score (nSPS) is 32.0. The van der Waals surface area contributed by atoms with Crippen LogP contribution < -0.4 is 10.1 Å². The number of methoxy groups -OCH3 is 1. The van der Waals surface area contributed by atoms with Crippen molar-refractivity contribution in [3.63, 3.8) is 0 Å². The number of aryl methyl sites for hydroxylation is 1. The molecule has 2 fully saturated rings. The minimum Gasteiger partial charge on any atom is -0.497 e. The monoisotopic (exact) mass is 464 g/mol. The van der Waals surface area contributed by atoms with E-state index in [1.54, 1.807) is 12.7 Å². The molecule has 0 bridgehead atoms. The molecule has 5 heteroatoms. The summed E-state index contributed by atoms with van der Waals surface area (Å²) in [6, 6.07) is 7.42. The van der Waals surface area contributed by atoms with Crippen LogP contribution in [0.25, 0.3) is 0 Å². The Balaban J connectivity index is 1.08. The largest absolute Gasteiger partial charge is 0.497 e. The third-order valence-corrected chi connectivity index (χ3v) is 9.53. The number of fused-ring (bicyclic) bond motifs is 5.